The zero-order valence-corrected chi connectivity index (χ0v) is 16.1. The van der Waals surface area contributed by atoms with Gasteiger partial charge in [-0.05, 0) is 37.8 Å². The molecule has 2 aromatic carbocycles. The third-order valence-corrected chi connectivity index (χ3v) is 5.46. The molecular formula is C23H28O3. The van der Waals surface area contributed by atoms with Gasteiger partial charge in [0.2, 0.25) is 0 Å². The van der Waals surface area contributed by atoms with E-state index in [0.29, 0.717) is 12.8 Å². The van der Waals surface area contributed by atoms with Gasteiger partial charge in [-0.25, -0.2) is 0 Å². The molecule has 1 fully saturated rings. The van der Waals surface area contributed by atoms with Crippen molar-refractivity contribution in [1.82, 2.24) is 0 Å². The van der Waals surface area contributed by atoms with Crippen LogP contribution in [0.25, 0.3) is 0 Å². The van der Waals surface area contributed by atoms with Gasteiger partial charge in [0.25, 0.3) is 0 Å². The van der Waals surface area contributed by atoms with E-state index < -0.39 is 17.3 Å². The third kappa shape index (κ3) is 2.80. The van der Waals surface area contributed by atoms with Crippen LogP contribution in [0.4, 0.5) is 0 Å². The fraction of sp³-hybridized carbons (Fsp3) is 0.435. The Morgan fingerprint density at radius 1 is 0.923 bits per heavy atom. The summed E-state index contributed by atoms with van der Waals surface area (Å²) in [7, 11) is 0. The van der Waals surface area contributed by atoms with E-state index in [-0.39, 0.29) is 11.9 Å². The number of hydrogen-bond donors (Lipinski definition) is 0. The van der Waals surface area contributed by atoms with Crippen LogP contribution >= 0.6 is 0 Å². The van der Waals surface area contributed by atoms with Crippen LogP contribution < -0.4 is 0 Å². The Balaban J connectivity index is 2.20. The van der Waals surface area contributed by atoms with Gasteiger partial charge in [-0.15, -0.1) is 0 Å². The Bertz CT molecular complexity index is 741. The Kier molecular flexibility index (Phi) is 5.31. The number of carbonyl (C=O) groups is 1. The largest absolute Gasteiger partial charge is 0.348 e. The normalized spacial score (nSPS) is 28.7. The highest BCUT2D eigenvalue weighted by molar-refractivity contribution is 6.00. The van der Waals surface area contributed by atoms with Crippen LogP contribution in [0.1, 0.15) is 51.7 Å². The molecule has 0 saturated carbocycles. The van der Waals surface area contributed by atoms with E-state index in [1.807, 2.05) is 88.4 Å². The maximum Gasteiger partial charge on any atom is 0.184 e. The van der Waals surface area contributed by atoms with Gasteiger partial charge in [0.1, 0.15) is 5.41 Å². The van der Waals surface area contributed by atoms with E-state index in [9.17, 15) is 4.79 Å². The molecular weight excluding hydrogens is 324 g/mol. The maximum atomic E-state index is 14.0. The Morgan fingerprint density at radius 3 is 1.92 bits per heavy atom. The molecule has 3 atom stereocenters. The highest BCUT2D eigenvalue weighted by Crippen LogP contribution is 2.52. The van der Waals surface area contributed by atoms with Crippen LogP contribution in [0, 0.1) is 0 Å². The first-order valence-electron chi connectivity index (χ1n) is 9.50. The highest BCUT2D eigenvalue weighted by Gasteiger charge is 2.64. The van der Waals surface area contributed by atoms with Crippen LogP contribution in [0.2, 0.25) is 0 Å². The van der Waals surface area contributed by atoms with Crippen molar-refractivity contribution in [2.75, 3.05) is 0 Å². The molecule has 0 amide bonds. The van der Waals surface area contributed by atoms with E-state index in [4.69, 9.17) is 9.47 Å². The number of ether oxygens (including phenoxy) is 2. The second-order valence-electron chi connectivity index (χ2n) is 7.20. The highest BCUT2D eigenvalue weighted by atomic mass is 16.7. The second-order valence-corrected chi connectivity index (χ2v) is 7.20. The molecule has 3 heteroatoms. The molecule has 2 aromatic rings. The minimum Gasteiger partial charge on any atom is -0.348 e. The molecule has 3 rings (SSSR count). The number of rotatable bonds is 6. The van der Waals surface area contributed by atoms with Crippen molar-refractivity contribution < 1.29 is 14.3 Å². The van der Waals surface area contributed by atoms with Crippen LogP contribution in [-0.4, -0.2) is 18.2 Å². The Labute approximate surface area is 156 Å². The summed E-state index contributed by atoms with van der Waals surface area (Å²) in [4.78, 5) is 14.0. The van der Waals surface area contributed by atoms with E-state index in [1.54, 1.807) is 0 Å². The standard InChI is InChI=1S/C23H28O3/c1-5-22(18-13-9-7-10-14-18)20(24)23(6-2,19-15-11-8-12-16-19)26-21(22)25-17(3)4/h7-17,21H,5-6H2,1-4H3/t21-,22-,23-/m1/s1. The summed E-state index contributed by atoms with van der Waals surface area (Å²) in [6, 6.07) is 19.8. The van der Waals surface area contributed by atoms with Crippen molar-refractivity contribution in [2.24, 2.45) is 0 Å². The number of Topliss-reactive ketones (excluding diaryl/α,β-unsaturated/α-hetero) is 1. The average Bonchev–Trinajstić information content (AvgIpc) is 2.92. The van der Waals surface area contributed by atoms with Gasteiger partial charge in [-0.2, -0.15) is 0 Å². The zero-order chi connectivity index (χ0) is 18.8. The zero-order valence-electron chi connectivity index (χ0n) is 16.1. The molecule has 0 N–H and O–H groups in total. The average molecular weight is 352 g/mol. The third-order valence-electron chi connectivity index (χ3n) is 5.46. The van der Waals surface area contributed by atoms with Gasteiger partial charge >= 0.3 is 0 Å². The molecule has 3 nitrogen and oxygen atoms in total. The van der Waals surface area contributed by atoms with Gasteiger partial charge in [-0.3, -0.25) is 4.79 Å². The van der Waals surface area contributed by atoms with Crippen molar-refractivity contribution in [3.8, 4) is 0 Å². The lowest BCUT2D eigenvalue weighted by Gasteiger charge is -2.32. The van der Waals surface area contributed by atoms with Crippen molar-refractivity contribution >= 4 is 5.78 Å². The quantitative estimate of drug-likeness (QED) is 0.735. The number of ketones is 1. The van der Waals surface area contributed by atoms with Gasteiger partial charge in [0.05, 0.1) is 6.10 Å². The number of carbonyl (C=O) groups excluding carboxylic acids is 1. The van der Waals surface area contributed by atoms with Crippen LogP contribution in [-0.2, 0) is 25.3 Å². The predicted molar refractivity (Wildman–Crippen MR) is 103 cm³/mol. The molecule has 1 aliphatic rings. The second kappa shape index (κ2) is 7.34. The van der Waals surface area contributed by atoms with Gasteiger partial charge < -0.3 is 9.47 Å². The molecule has 0 bridgehead atoms. The first-order chi connectivity index (χ1) is 12.5. The van der Waals surface area contributed by atoms with Crippen molar-refractivity contribution in [3.63, 3.8) is 0 Å². The SMILES string of the molecule is CC[C@]1(c2ccccc2)O[C@@H](OC(C)C)[C@](CC)(c2ccccc2)C1=O. The van der Waals surface area contributed by atoms with Crippen LogP contribution in [0.5, 0.6) is 0 Å². The molecule has 1 heterocycles. The monoisotopic (exact) mass is 352 g/mol. The van der Waals surface area contributed by atoms with Crippen LogP contribution in [0.15, 0.2) is 60.7 Å². The topological polar surface area (TPSA) is 35.5 Å². The first-order valence-corrected chi connectivity index (χ1v) is 9.50. The Hall–Kier alpha value is -1.97. The molecule has 1 aliphatic heterocycles. The number of hydrogen-bond acceptors (Lipinski definition) is 3. The van der Waals surface area contributed by atoms with Crippen molar-refractivity contribution in [1.29, 1.82) is 0 Å². The molecule has 0 spiro atoms. The van der Waals surface area contributed by atoms with E-state index >= 15 is 0 Å². The molecule has 0 aliphatic carbocycles. The fourth-order valence-corrected chi connectivity index (χ4v) is 4.08. The molecule has 1 saturated heterocycles. The lowest BCUT2D eigenvalue weighted by molar-refractivity contribution is -0.205. The van der Waals surface area contributed by atoms with E-state index in [2.05, 4.69) is 0 Å². The summed E-state index contributed by atoms with van der Waals surface area (Å²) in [5, 5.41) is 0. The Morgan fingerprint density at radius 2 is 1.46 bits per heavy atom. The molecule has 0 radical (unpaired) electrons. The van der Waals surface area contributed by atoms with E-state index in [1.165, 1.54) is 0 Å². The molecule has 138 valence electrons. The van der Waals surface area contributed by atoms with E-state index in [0.717, 1.165) is 11.1 Å². The summed E-state index contributed by atoms with van der Waals surface area (Å²) in [6.45, 7) is 8.01. The van der Waals surface area contributed by atoms with Gasteiger partial charge in [0, 0.05) is 0 Å². The molecule has 0 unspecified atom stereocenters. The van der Waals surface area contributed by atoms with Crippen LogP contribution in [0.3, 0.4) is 0 Å². The fourth-order valence-electron chi connectivity index (χ4n) is 4.08. The van der Waals surface area contributed by atoms with Crippen molar-refractivity contribution in [2.45, 2.75) is 63.9 Å². The summed E-state index contributed by atoms with van der Waals surface area (Å²) >= 11 is 0. The lowest BCUT2D eigenvalue weighted by atomic mass is 9.69. The summed E-state index contributed by atoms with van der Waals surface area (Å²) in [5.41, 5.74) is 0.0739. The predicted octanol–water partition coefficient (Wildman–Crippen LogP) is 4.99. The smallest absolute Gasteiger partial charge is 0.184 e. The first kappa shape index (κ1) is 18.8. The number of benzene rings is 2. The summed E-state index contributed by atoms with van der Waals surface area (Å²) < 4.78 is 12.7. The summed E-state index contributed by atoms with van der Waals surface area (Å²) in [6.07, 6.45) is 0.554. The maximum absolute atomic E-state index is 14.0. The van der Waals surface area contributed by atoms with Gasteiger partial charge in [-0.1, -0.05) is 74.5 Å². The molecule has 0 aromatic heterocycles. The minimum atomic E-state index is -0.979. The summed E-state index contributed by atoms with van der Waals surface area (Å²) in [5.74, 6) is 0.0954. The lowest BCUT2D eigenvalue weighted by Crippen LogP contribution is -2.45. The van der Waals surface area contributed by atoms with Gasteiger partial charge in [0.15, 0.2) is 17.7 Å². The van der Waals surface area contributed by atoms with Crippen molar-refractivity contribution in [3.05, 3.63) is 71.8 Å². The minimum absolute atomic E-state index is 0.0362. The molecule has 26 heavy (non-hydrogen) atoms.